The minimum atomic E-state index is 0.659. The molecule has 1 saturated carbocycles. The molecule has 0 aromatic heterocycles. The molecular weight excluding hydrogens is 224 g/mol. The highest BCUT2D eigenvalue weighted by atomic mass is 16.5. The van der Waals surface area contributed by atoms with Gasteiger partial charge >= 0.3 is 0 Å². The smallest absolute Gasteiger partial charge is 0.0593 e. The first kappa shape index (κ1) is 15.9. The van der Waals surface area contributed by atoms with Crippen molar-refractivity contribution in [2.24, 2.45) is 5.92 Å². The Balaban J connectivity index is 2.33. The van der Waals surface area contributed by atoms with Gasteiger partial charge in [-0.05, 0) is 39.3 Å². The quantitative estimate of drug-likeness (QED) is 0.642. The van der Waals surface area contributed by atoms with Crippen LogP contribution in [0.1, 0.15) is 46.0 Å². The summed E-state index contributed by atoms with van der Waals surface area (Å²) in [7, 11) is 2.12. The second-order valence-corrected chi connectivity index (χ2v) is 5.38. The Morgan fingerprint density at radius 1 is 1.22 bits per heavy atom. The molecule has 1 unspecified atom stereocenters. The molecule has 1 atom stereocenters. The van der Waals surface area contributed by atoms with E-state index in [1.807, 2.05) is 0 Å². The van der Waals surface area contributed by atoms with Crippen LogP contribution in [0, 0.1) is 5.92 Å². The summed E-state index contributed by atoms with van der Waals surface area (Å²) in [5, 5.41) is 3.54. The Hall–Kier alpha value is -0.120. The highest BCUT2D eigenvalue weighted by Gasteiger charge is 2.23. The lowest BCUT2D eigenvalue weighted by atomic mass is 9.83. The maximum absolute atomic E-state index is 5.46. The van der Waals surface area contributed by atoms with E-state index < -0.39 is 0 Å². The maximum atomic E-state index is 5.46. The lowest BCUT2D eigenvalue weighted by Gasteiger charge is -2.34. The van der Waals surface area contributed by atoms with Crippen molar-refractivity contribution in [2.45, 2.75) is 52.0 Å². The van der Waals surface area contributed by atoms with E-state index in [1.54, 1.807) is 0 Å². The van der Waals surface area contributed by atoms with Crippen molar-refractivity contribution >= 4 is 0 Å². The van der Waals surface area contributed by atoms with Crippen LogP contribution in [-0.2, 0) is 4.74 Å². The van der Waals surface area contributed by atoms with Crippen LogP contribution in [0.2, 0.25) is 0 Å². The Kier molecular flexibility index (Phi) is 8.64. The summed E-state index contributed by atoms with van der Waals surface area (Å²) in [6, 6.07) is 0.659. The molecule has 108 valence electrons. The van der Waals surface area contributed by atoms with E-state index >= 15 is 0 Å². The summed E-state index contributed by atoms with van der Waals surface area (Å²) in [4.78, 5) is 2.52. The van der Waals surface area contributed by atoms with Gasteiger partial charge in [-0.25, -0.2) is 0 Å². The third-order valence-corrected chi connectivity index (χ3v) is 4.25. The summed E-state index contributed by atoms with van der Waals surface area (Å²) >= 11 is 0. The van der Waals surface area contributed by atoms with Crippen molar-refractivity contribution in [3.63, 3.8) is 0 Å². The van der Waals surface area contributed by atoms with Gasteiger partial charge in [0.1, 0.15) is 0 Å². The van der Waals surface area contributed by atoms with Gasteiger partial charge in [-0.3, -0.25) is 4.90 Å². The van der Waals surface area contributed by atoms with E-state index in [4.69, 9.17) is 4.74 Å². The molecule has 3 heteroatoms. The van der Waals surface area contributed by atoms with Gasteiger partial charge in [0.2, 0.25) is 0 Å². The van der Waals surface area contributed by atoms with Crippen LogP contribution in [0.4, 0.5) is 0 Å². The second-order valence-electron chi connectivity index (χ2n) is 5.38. The number of nitrogens with one attached hydrogen (secondary N) is 1. The molecule has 18 heavy (non-hydrogen) atoms. The van der Waals surface area contributed by atoms with E-state index in [9.17, 15) is 0 Å². The second kappa shape index (κ2) is 9.76. The molecule has 0 spiro atoms. The molecule has 1 N–H and O–H groups in total. The van der Waals surface area contributed by atoms with E-state index in [1.165, 1.54) is 38.6 Å². The number of ether oxygens (including phenoxy) is 1. The summed E-state index contributed by atoms with van der Waals surface area (Å²) in [6.45, 7) is 9.37. The molecule has 0 radical (unpaired) electrons. The van der Waals surface area contributed by atoms with Crippen LogP contribution in [0.3, 0.4) is 0 Å². The van der Waals surface area contributed by atoms with Gasteiger partial charge in [-0.15, -0.1) is 0 Å². The minimum absolute atomic E-state index is 0.659. The molecule has 0 amide bonds. The van der Waals surface area contributed by atoms with Crippen molar-refractivity contribution in [3.05, 3.63) is 0 Å². The standard InChI is InChI=1S/C15H32N2O/c1-4-17(11-12-18-5-2)13-15(16-3)14-9-7-6-8-10-14/h14-16H,4-13H2,1-3H3. The highest BCUT2D eigenvalue weighted by molar-refractivity contribution is 4.81. The molecule has 0 bridgehead atoms. The summed E-state index contributed by atoms with van der Waals surface area (Å²) < 4.78 is 5.46. The molecule has 0 saturated heterocycles. The molecule has 1 fully saturated rings. The molecule has 0 aromatic carbocycles. The molecule has 1 aliphatic rings. The fourth-order valence-corrected chi connectivity index (χ4v) is 3.01. The Labute approximate surface area is 113 Å². The predicted octanol–water partition coefficient (Wildman–Crippen LogP) is 2.51. The maximum Gasteiger partial charge on any atom is 0.0593 e. The number of likely N-dealkylation sites (N-methyl/N-ethyl adjacent to an activating group) is 2. The van der Waals surface area contributed by atoms with Crippen LogP contribution in [-0.4, -0.2) is 50.8 Å². The first-order chi connectivity index (χ1) is 8.81. The van der Waals surface area contributed by atoms with Crippen LogP contribution < -0.4 is 5.32 Å². The van der Waals surface area contributed by atoms with Crippen LogP contribution in [0.25, 0.3) is 0 Å². The monoisotopic (exact) mass is 256 g/mol. The number of rotatable bonds is 9. The van der Waals surface area contributed by atoms with Crippen molar-refractivity contribution < 1.29 is 4.74 Å². The average molecular weight is 256 g/mol. The number of hydrogen-bond donors (Lipinski definition) is 1. The summed E-state index contributed by atoms with van der Waals surface area (Å²) in [5.41, 5.74) is 0. The van der Waals surface area contributed by atoms with Crippen molar-refractivity contribution in [3.8, 4) is 0 Å². The largest absolute Gasteiger partial charge is 0.380 e. The van der Waals surface area contributed by atoms with Crippen molar-refractivity contribution in [2.75, 3.05) is 39.9 Å². The number of nitrogens with zero attached hydrogens (tertiary/aromatic N) is 1. The van der Waals surface area contributed by atoms with Gasteiger partial charge in [0.05, 0.1) is 6.61 Å². The van der Waals surface area contributed by atoms with Crippen molar-refractivity contribution in [1.82, 2.24) is 10.2 Å². The molecular formula is C15H32N2O. The van der Waals surface area contributed by atoms with Crippen molar-refractivity contribution in [1.29, 1.82) is 0 Å². The predicted molar refractivity (Wildman–Crippen MR) is 78.0 cm³/mol. The van der Waals surface area contributed by atoms with E-state index in [0.717, 1.165) is 32.2 Å². The van der Waals surface area contributed by atoms with Gasteiger partial charge in [0, 0.05) is 25.7 Å². The summed E-state index contributed by atoms with van der Waals surface area (Å²) in [5.74, 6) is 0.880. The van der Waals surface area contributed by atoms with E-state index in [-0.39, 0.29) is 0 Å². The van der Waals surface area contributed by atoms with Gasteiger partial charge in [-0.2, -0.15) is 0 Å². The minimum Gasteiger partial charge on any atom is -0.380 e. The van der Waals surface area contributed by atoms with Gasteiger partial charge in [0.15, 0.2) is 0 Å². The zero-order chi connectivity index (χ0) is 13.2. The Bertz CT molecular complexity index is 193. The fraction of sp³-hybridized carbons (Fsp3) is 1.00. The third kappa shape index (κ3) is 5.68. The zero-order valence-electron chi connectivity index (χ0n) is 12.6. The molecule has 3 nitrogen and oxygen atoms in total. The third-order valence-electron chi connectivity index (χ3n) is 4.25. The molecule has 1 rings (SSSR count). The van der Waals surface area contributed by atoms with E-state index in [0.29, 0.717) is 6.04 Å². The van der Waals surface area contributed by atoms with Gasteiger partial charge in [0.25, 0.3) is 0 Å². The van der Waals surface area contributed by atoms with Crippen LogP contribution >= 0.6 is 0 Å². The molecule has 0 aliphatic heterocycles. The Morgan fingerprint density at radius 2 is 1.94 bits per heavy atom. The zero-order valence-corrected chi connectivity index (χ0v) is 12.6. The molecule has 0 aromatic rings. The highest BCUT2D eigenvalue weighted by Crippen LogP contribution is 2.26. The Morgan fingerprint density at radius 3 is 2.50 bits per heavy atom. The van der Waals surface area contributed by atoms with Crippen LogP contribution in [0.15, 0.2) is 0 Å². The fourth-order valence-electron chi connectivity index (χ4n) is 3.01. The first-order valence-corrected chi connectivity index (χ1v) is 7.79. The average Bonchev–Trinajstić information content (AvgIpc) is 2.43. The van der Waals surface area contributed by atoms with Gasteiger partial charge in [-0.1, -0.05) is 26.2 Å². The molecule has 1 aliphatic carbocycles. The van der Waals surface area contributed by atoms with Gasteiger partial charge < -0.3 is 10.1 Å². The number of hydrogen-bond acceptors (Lipinski definition) is 3. The SMILES string of the molecule is CCOCCN(CC)CC(NC)C1CCCCC1. The van der Waals surface area contributed by atoms with Crippen LogP contribution in [0.5, 0.6) is 0 Å². The lowest BCUT2D eigenvalue weighted by molar-refractivity contribution is 0.105. The first-order valence-electron chi connectivity index (χ1n) is 7.79. The normalized spacial score (nSPS) is 19.3. The van der Waals surface area contributed by atoms with E-state index in [2.05, 4.69) is 31.1 Å². The summed E-state index contributed by atoms with van der Waals surface area (Å²) in [6.07, 6.45) is 7.11. The molecule has 0 heterocycles. The topological polar surface area (TPSA) is 24.5 Å². The lowest BCUT2D eigenvalue weighted by Crippen LogP contribution is -2.45.